The van der Waals surface area contributed by atoms with Crippen LogP contribution in [0.1, 0.15) is 66.7 Å². The van der Waals surface area contributed by atoms with Gasteiger partial charge in [0.1, 0.15) is 0 Å². The molecule has 26 heavy (non-hydrogen) atoms. The second kappa shape index (κ2) is 5.41. The van der Waals surface area contributed by atoms with Crippen LogP contribution in [0, 0.1) is 34.0 Å². The van der Waals surface area contributed by atoms with Crippen molar-refractivity contribution in [2.24, 2.45) is 34.0 Å². The van der Waals surface area contributed by atoms with Crippen molar-refractivity contribution in [3.8, 4) is 0 Å². The SMILES string of the molecule is CC1=CC(=O)[C@@H]2[C@@H]3CCC4C(C)(C)[C@@H](O)CC[C@]4(C)C3=CC[C@]2(C)C1=O. The topological polar surface area (TPSA) is 54.4 Å². The monoisotopic (exact) mass is 356 g/mol. The first-order valence-electron chi connectivity index (χ1n) is 10.2. The predicted octanol–water partition coefficient (Wildman–Crippen LogP) is 4.25. The molecule has 2 saturated carbocycles. The molecule has 0 spiro atoms. The number of aliphatic hydroxyl groups excluding tert-OH is 1. The molecule has 0 saturated heterocycles. The van der Waals surface area contributed by atoms with E-state index in [1.807, 2.05) is 6.92 Å². The van der Waals surface area contributed by atoms with Crippen LogP contribution in [-0.4, -0.2) is 22.8 Å². The summed E-state index contributed by atoms with van der Waals surface area (Å²) < 4.78 is 0. The van der Waals surface area contributed by atoms with Gasteiger partial charge in [0.25, 0.3) is 0 Å². The first-order chi connectivity index (χ1) is 12.0. The van der Waals surface area contributed by atoms with Crippen LogP contribution in [0.15, 0.2) is 23.3 Å². The smallest absolute Gasteiger partial charge is 0.165 e. The summed E-state index contributed by atoms with van der Waals surface area (Å²) >= 11 is 0. The molecule has 0 aromatic heterocycles. The lowest BCUT2D eigenvalue weighted by Crippen LogP contribution is -2.58. The number of Topliss-reactive ketones (excluding diaryl/α,β-unsaturated/α-hetero) is 1. The fraction of sp³-hybridized carbons (Fsp3) is 0.739. The number of carbonyl (C=O) groups excluding carboxylic acids is 2. The Labute approximate surface area is 156 Å². The van der Waals surface area contributed by atoms with E-state index in [-0.39, 0.29) is 40.3 Å². The highest BCUT2D eigenvalue weighted by Gasteiger charge is 2.61. The van der Waals surface area contributed by atoms with Gasteiger partial charge in [0.05, 0.1) is 6.10 Å². The summed E-state index contributed by atoms with van der Waals surface area (Å²) in [5, 5.41) is 10.6. The molecule has 4 aliphatic carbocycles. The van der Waals surface area contributed by atoms with E-state index < -0.39 is 5.41 Å². The molecule has 0 aromatic carbocycles. The van der Waals surface area contributed by atoms with E-state index in [9.17, 15) is 14.7 Å². The molecule has 0 aromatic rings. The number of carbonyl (C=O) groups is 2. The Morgan fingerprint density at radius 2 is 1.73 bits per heavy atom. The number of allylic oxidation sites excluding steroid dienone is 4. The van der Waals surface area contributed by atoms with Crippen molar-refractivity contribution in [2.45, 2.75) is 72.8 Å². The van der Waals surface area contributed by atoms with E-state index in [2.05, 4.69) is 26.8 Å². The quantitative estimate of drug-likeness (QED) is 0.660. The third-order valence-corrected chi connectivity index (χ3v) is 8.67. The van der Waals surface area contributed by atoms with Crippen molar-refractivity contribution in [1.29, 1.82) is 0 Å². The van der Waals surface area contributed by atoms with E-state index in [0.29, 0.717) is 17.9 Å². The number of hydrogen-bond acceptors (Lipinski definition) is 3. The highest BCUT2D eigenvalue weighted by molar-refractivity contribution is 6.12. The first kappa shape index (κ1) is 18.2. The average molecular weight is 357 g/mol. The van der Waals surface area contributed by atoms with Crippen molar-refractivity contribution in [3.63, 3.8) is 0 Å². The second-order valence-corrected chi connectivity index (χ2v) is 10.3. The summed E-state index contributed by atoms with van der Waals surface area (Å²) in [7, 11) is 0. The molecule has 1 N–H and O–H groups in total. The van der Waals surface area contributed by atoms with Crippen molar-refractivity contribution >= 4 is 11.6 Å². The maximum absolute atomic E-state index is 13.0. The Hall–Kier alpha value is -1.22. The minimum absolute atomic E-state index is 0.0342. The standard InChI is InChI=1S/C23H32O3/c1-13-12-16(24)19-14-6-7-17-21(2,3)18(25)9-11-22(17,4)15(14)8-10-23(19,5)20(13)26/h8,12,14,17-19,25H,6-7,9-11H2,1-5H3/t14-,17?,18+,19+,22-,23+/m1/s1. The fourth-order valence-corrected chi connectivity index (χ4v) is 7.19. The number of hydrogen-bond donors (Lipinski definition) is 1. The van der Waals surface area contributed by atoms with Crippen LogP contribution >= 0.6 is 0 Å². The maximum Gasteiger partial charge on any atom is 0.165 e. The van der Waals surface area contributed by atoms with Gasteiger partial charge in [-0.05, 0) is 73.3 Å². The average Bonchev–Trinajstić information content (AvgIpc) is 2.56. The van der Waals surface area contributed by atoms with Gasteiger partial charge in [0.15, 0.2) is 11.6 Å². The molecule has 0 aliphatic heterocycles. The zero-order chi connectivity index (χ0) is 19.1. The number of ketones is 2. The van der Waals surface area contributed by atoms with Crippen LogP contribution in [0.2, 0.25) is 0 Å². The Morgan fingerprint density at radius 3 is 2.42 bits per heavy atom. The van der Waals surface area contributed by atoms with Crippen molar-refractivity contribution < 1.29 is 14.7 Å². The lowest BCUT2D eigenvalue weighted by molar-refractivity contribution is -0.143. The molecule has 3 heteroatoms. The van der Waals surface area contributed by atoms with Gasteiger partial charge in [-0.25, -0.2) is 0 Å². The molecule has 0 radical (unpaired) electrons. The van der Waals surface area contributed by atoms with Gasteiger partial charge in [-0.3, -0.25) is 9.59 Å². The predicted molar refractivity (Wildman–Crippen MR) is 101 cm³/mol. The zero-order valence-corrected chi connectivity index (χ0v) is 16.8. The molecular formula is C23H32O3. The van der Waals surface area contributed by atoms with Crippen molar-refractivity contribution in [3.05, 3.63) is 23.3 Å². The van der Waals surface area contributed by atoms with Gasteiger partial charge in [-0.15, -0.1) is 0 Å². The molecule has 3 nitrogen and oxygen atoms in total. The van der Waals surface area contributed by atoms with Gasteiger partial charge in [-0.2, -0.15) is 0 Å². The highest BCUT2D eigenvalue weighted by Crippen LogP contribution is 2.65. The van der Waals surface area contributed by atoms with Crippen LogP contribution in [0.5, 0.6) is 0 Å². The van der Waals surface area contributed by atoms with Crippen LogP contribution in [0.25, 0.3) is 0 Å². The number of aliphatic hydroxyl groups is 1. The molecule has 4 aliphatic rings. The van der Waals surface area contributed by atoms with E-state index in [0.717, 1.165) is 25.7 Å². The normalized spacial score (nSPS) is 47.3. The van der Waals surface area contributed by atoms with Gasteiger partial charge in [0.2, 0.25) is 0 Å². The Morgan fingerprint density at radius 1 is 1.04 bits per heavy atom. The summed E-state index contributed by atoms with van der Waals surface area (Å²) in [4.78, 5) is 25.9. The molecule has 142 valence electrons. The van der Waals surface area contributed by atoms with E-state index >= 15 is 0 Å². The Bertz CT molecular complexity index is 743. The van der Waals surface area contributed by atoms with Crippen molar-refractivity contribution in [2.75, 3.05) is 0 Å². The Kier molecular flexibility index (Phi) is 3.77. The summed E-state index contributed by atoms with van der Waals surface area (Å²) in [5.74, 6) is 0.715. The molecule has 0 amide bonds. The molecule has 2 fully saturated rings. The van der Waals surface area contributed by atoms with E-state index in [4.69, 9.17) is 0 Å². The zero-order valence-electron chi connectivity index (χ0n) is 16.8. The van der Waals surface area contributed by atoms with Gasteiger partial charge in [0, 0.05) is 11.3 Å². The van der Waals surface area contributed by atoms with Gasteiger partial charge in [-0.1, -0.05) is 39.3 Å². The van der Waals surface area contributed by atoms with Crippen LogP contribution < -0.4 is 0 Å². The minimum Gasteiger partial charge on any atom is -0.393 e. The summed E-state index contributed by atoms with van der Waals surface area (Å²) in [6, 6.07) is 0. The maximum atomic E-state index is 13.0. The summed E-state index contributed by atoms with van der Waals surface area (Å²) in [6.45, 7) is 10.5. The van der Waals surface area contributed by atoms with Crippen LogP contribution in [-0.2, 0) is 9.59 Å². The summed E-state index contributed by atoms with van der Waals surface area (Å²) in [6.07, 6.45) is 8.10. The van der Waals surface area contributed by atoms with E-state index in [1.165, 1.54) is 5.57 Å². The van der Waals surface area contributed by atoms with Gasteiger partial charge >= 0.3 is 0 Å². The number of rotatable bonds is 0. The van der Waals surface area contributed by atoms with Crippen molar-refractivity contribution in [1.82, 2.24) is 0 Å². The molecule has 0 heterocycles. The molecule has 6 atom stereocenters. The van der Waals surface area contributed by atoms with Crippen LogP contribution in [0.4, 0.5) is 0 Å². The minimum atomic E-state index is -0.572. The third-order valence-electron chi connectivity index (χ3n) is 8.67. The van der Waals surface area contributed by atoms with Crippen LogP contribution in [0.3, 0.4) is 0 Å². The first-order valence-corrected chi connectivity index (χ1v) is 10.2. The molecular weight excluding hydrogens is 324 g/mol. The highest BCUT2D eigenvalue weighted by atomic mass is 16.3. The third kappa shape index (κ3) is 2.10. The number of fused-ring (bicyclic) bond motifs is 5. The van der Waals surface area contributed by atoms with E-state index in [1.54, 1.807) is 13.0 Å². The summed E-state index contributed by atoms with van der Waals surface area (Å²) in [5.41, 5.74) is 1.38. The molecule has 4 rings (SSSR count). The van der Waals surface area contributed by atoms with Gasteiger partial charge < -0.3 is 5.11 Å². The second-order valence-electron chi connectivity index (χ2n) is 10.3. The Balaban J connectivity index is 1.79. The molecule has 1 unspecified atom stereocenters. The molecule has 0 bridgehead atoms. The largest absolute Gasteiger partial charge is 0.393 e. The fourth-order valence-electron chi connectivity index (χ4n) is 7.19. The lowest BCUT2D eigenvalue weighted by atomic mass is 9.43. The lowest BCUT2D eigenvalue weighted by Gasteiger charge is -2.61.